The lowest BCUT2D eigenvalue weighted by Crippen LogP contribution is -2.02. The van der Waals surface area contributed by atoms with Crippen LogP contribution in [0.5, 0.6) is 5.75 Å². The second-order valence-electron chi connectivity index (χ2n) is 3.40. The van der Waals surface area contributed by atoms with E-state index in [2.05, 4.69) is 5.10 Å². The quantitative estimate of drug-likeness (QED) is 0.848. The van der Waals surface area contributed by atoms with Crippen LogP contribution in [0.2, 0.25) is 5.15 Å². The van der Waals surface area contributed by atoms with Gasteiger partial charge in [-0.2, -0.15) is 5.10 Å². The predicted octanol–water partition coefficient (Wildman–Crippen LogP) is 2.60. The first-order chi connectivity index (χ1) is 7.18. The van der Waals surface area contributed by atoms with Gasteiger partial charge in [0.25, 0.3) is 0 Å². The molecular formula is C11H11ClN2O. The molecule has 1 aromatic heterocycles. The van der Waals surface area contributed by atoms with Gasteiger partial charge < -0.3 is 5.11 Å². The fraction of sp³-hybridized carbons (Fsp3) is 0.182. The molecule has 0 atom stereocenters. The number of aryl methyl sites for hydroxylation is 1. The number of nitrogens with zero attached hydrogens (tertiary/aromatic N) is 2. The maximum absolute atomic E-state index is 9.27. The van der Waals surface area contributed by atoms with Gasteiger partial charge in [0.05, 0.1) is 12.7 Å². The molecule has 3 nitrogen and oxygen atoms in total. The Morgan fingerprint density at radius 2 is 2.13 bits per heavy atom. The fourth-order valence-corrected chi connectivity index (χ4v) is 1.57. The summed E-state index contributed by atoms with van der Waals surface area (Å²) >= 11 is 5.86. The van der Waals surface area contributed by atoms with E-state index in [1.165, 1.54) is 11.8 Å². The molecule has 2 aromatic rings. The molecule has 1 heterocycles. The van der Waals surface area contributed by atoms with E-state index >= 15 is 0 Å². The third kappa shape index (κ3) is 1.97. The van der Waals surface area contributed by atoms with Crippen LogP contribution in [-0.2, 0) is 6.54 Å². The first kappa shape index (κ1) is 10.1. The van der Waals surface area contributed by atoms with Crippen LogP contribution < -0.4 is 0 Å². The average molecular weight is 223 g/mol. The smallest absolute Gasteiger partial charge is 0.173 e. The highest BCUT2D eigenvalue weighted by atomic mass is 35.5. The van der Waals surface area contributed by atoms with E-state index in [4.69, 9.17) is 11.6 Å². The molecule has 0 aliphatic heterocycles. The van der Waals surface area contributed by atoms with Crippen molar-refractivity contribution in [2.75, 3.05) is 0 Å². The van der Waals surface area contributed by atoms with Crippen molar-refractivity contribution < 1.29 is 5.11 Å². The summed E-state index contributed by atoms with van der Waals surface area (Å²) in [6, 6.07) is 8.01. The Morgan fingerprint density at radius 1 is 1.40 bits per heavy atom. The largest absolute Gasteiger partial charge is 0.504 e. The third-order valence-electron chi connectivity index (χ3n) is 2.34. The minimum atomic E-state index is 0.0188. The molecule has 1 aromatic carbocycles. The Kier molecular flexibility index (Phi) is 2.64. The van der Waals surface area contributed by atoms with E-state index in [1.54, 1.807) is 4.68 Å². The molecular weight excluding hydrogens is 212 g/mol. The molecule has 4 heteroatoms. The fourth-order valence-electron chi connectivity index (χ4n) is 1.42. The summed E-state index contributed by atoms with van der Waals surface area (Å²) in [5.41, 5.74) is 2.33. The van der Waals surface area contributed by atoms with Crippen molar-refractivity contribution >= 4 is 11.6 Å². The van der Waals surface area contributed by atoms with Crippen LogP contribution in [0.1, 0.15) is 11.1 Å². The van der Waals surface area contributed by atoms with Crippen molar-refractivity contribution in [3.8, 4) is 5.75 Å². The van der Waals surface area contributed by atoms with Gasteiger partial charge >= 0.3 is 0 Å². The molecule has 0 spiro atoms. The summed E-state index contributed by atoms with van der Waals surface area (Å²) in [4.78, 5) is 0. The SMILES string of the molecule is Cc1ccccc1Cn1ncc(O)c1Cl. The van der Waals surface area contributed by atoms with Gasteiger partial charge in [0.15, 0.2) is 10.9 Å². The van der Waals surface area contributed by atoms with Crippen LogP contribution in [0.25, 0.3) is 0 Å². The Morgan fingerprint density at radius 3 is 2.73 bits per heavy atom. The molecule has 0 aliphatic rings. The van der Waals surface area contributed by atoms with Gasteiger partial charge in [-0.05, 0) is 18.1 Å². The minimum Gasteiger partial charge on any atom is -0.504 e. The van der Waals surface area contributed by atoms with Crippen molar-refractivity contribution in [3.05, 3.63) is 46.7 Å². The van der Waals surface area contributed by atoms with Crippen LogP contribution >= 0.6 is 11.6 Å². The van der Waals surface area contributed by atoms with Gasteiger partial charge in [-0.1, -0.05) is 35.9 Å². The van der Waals surface area contributed by atoms with Gasteiger partial charge in [0.2, 0.25) is 0 Å². The second kappa shape index (κ2) is 3.95. The number of aromatic hydroxyl groups is 1. The lowest BCUT2D eigenvalue weighted by Gasteiger charge is -2.06. The van der Waals surface area contributed by atoms with Crippen molar-refractivity contribution in [2.24, 2.45) is 0 Å². The third-order valence-corrected chi connectivity index (χ3v) is 2.73. The highest BCUT2D eigenvalue weighted by Crippen LogP contribution is 2.22. The Labute approximate surface area is 92.9 Å². The zero-order valence-corrected chi connectivity index (χ0v) is 9.07. The summed E-state index contributed by atoms with van der Waals surface area (Å²) in [7, 11) is 0. The van der Waals surface area contributed by atoms with E-state index in [9.17, 15) is 5.11 Å². The average Bonchev–Trinajstić information content (AvgIpc) is 2.53. The van der Waals surface area contributed by atoms with Gasteiger partial charge in [0, 0.05) is 0 Å². The highest BCUT2D eigenvalue weighted by molar-refractivity contribution is 6.30. The maximum atomic E-state index is 9.27. The van der Waals surface area contributed by atoms with E-state index in [0.717, 1.165) is 5.56 Å². The van der Waals surface area contributed by atoms with Crippen molar-refractivity contribution in [3.63, 3.8) is 0 Å². The van der Waals surface area contributed by atoms with Crippen LogP contribution in [0.15, 0.2) is 30.5 Å². The minimum absolute atomic E-state index is 0.0188. The van der Waals surface area contributed by atoms with E-state index in [0.29, 0.717) is 6.54 Å². The highest BCUT2D eigenvalue weighted by Gasteiger charge is 2.07. The summed E-state index contributed by atoms with van der Waals surface area (Å²) < 4.78 is 1.57. The molecule has 2 rings (SSSR count). The van der Waals surface area contributed by atoms with Crippen molar-refractivity contribution in [1.82, 2.24) is 9.78 Å². The van der Waals surface area contributed by atoms with Crippen LogP contribution in [0, 0.1) is 6.92 Å². The van der Waals surface area contributed by atoms with Gasteiger partial charge in [-0.3, -0.25) is 0 Å². The van der Waals surface area contributed by atoms with E-state index in [-0.39, 0.29) is 10.9 Å². The molecule has 0 saturated carbocycles. The molecule has 0 fully saturated rings. The van der Waals surface area contributed by atoms with Crippen LogP contribution in [0.4, 0.5) is 0 Å². The molecule has 15 heavy (non-hydrogen) atoms. The Hall–Kier alpha value is -1.48. The molecule has 1 N–H and O–H groups in total. The molecule has 78 valence electrons. The topological polar surface area (TPSA) is 38.0 Å². The van der Waals surface area contributed by atoms with Crippen LogP contribution in [-0.4, -0.2) is 14.9 Å². The van der Waals surface area contributed by atoms with E-state index in [1.807, 2.05) is 31.2 Å². The normalized spacial score (nSPS) is 10.5. The lowest BCUT2D eigenvalue weighted by atomic mass is 10.1. The molecule has 0 radical (unpaired) electrons. The number of halogens is 1. The first-order valence-electron chi connectivity index (χ1n) is 4.63. The van der Waals surface area contributed by atoms with Gasteiger partial charge in [-0.15, -0.1) is 0 Å². The van der Waals surface area contributed by atoms with E-state index < -0.39 is 0 Å². The van der Waals surface area contributed by atoms with Crippen molar-refractivity contribution in [2.45, 2.75) is 13.5 Å². The summed E-state index contributed by atoms with van der Waals surface area (Å²) in [5, 5.41) is 13.5. The zero-order valence-electron chi connectivity index (χ0n) is 8.31. The summed E-state index contributed by atoms with van der Waals surface area (Å²) in [5.74, 6) is 0.0188. The zero-order chi connectivity index (χ0) is 10.8. The number of aromatic nitrogens is 2. The number of hydrogen-bond acceptors (Lipinski definition) is 2. The van der Waals surface area contributed by atoms with Crippen LogP contribution in [0.3, 0.4) is 0 Å². The van der Waals surface area contributed by atoms with Crippen molar-refractivity contribution in [1.29, 1.82) is 0 Å². The standard InChI is InChI=1S/C11H11ClN2O/c1-8-4-2-3-5-9(8)7-14-11(12)10(15)6-13-14/h2-6,15H,7H2,1H3. The number of benzene rings is 1. The Balaban J connectivity index is 2.30. The maximum Gasteiger partial charge on any atom is 0.173 e. The molecule has 0 unspecified atom stereocenters. The number of rotatable bonds is 2. The van der Waals surface area contributed by atoms with Gasteiger partial charge in [-0.25, -0.2) is 4.68 Å². The molecule has 0 saturated heterocycles. The first-order valence-corrected chi connectivity index (χ1v) is 5.01. The molecule has 0 bridgehead atoms. The molecule has 0 amide bonds. The molecule has 0 aliphatic carbocycles. The number of hydrogen-bond donors (Lipinski definition) is 1. The summed E-state index contributed by atoms with van der Waals surface area (Å²) in [6.07, 6.45) is 1.35. The second-order valence-corrected chi connectivity index (χ2v) is 3.76. The van der Waals surface area contributed by atoms with Gasteiger partial charge in [0.1, 0.15) is 0 Å². The Bertz CT molecular complexity index is 479. The predicted molar refractivity (Wildman–Crippen MR) is 59.2 cm³/mol. The monoisotopic (exact) mass is 222 g/mol. The summed E-state index contributed by atoms with van der Waals surface area (Å²) in [6.45, 7) is 2.61. The lowest BCUT2D eigenvalue weighted by molar-refractivity contribution is 0.474.